The van der Waals surface area contributed by atoms with Crippen molar-refractivity contribution in [3.63, 3.8) is 0 Å². The lowest BCUT2D eigenvalue weighted by Crippen LogP contribution is -2.16. The van der Waals surface area contributed by atoms with E-state index < -0.39 is 10.8 Å². The molecule has 0 aliphatic heterocycles. The van der Waals surface area contributed by atoms with Gasteiger partial charge in [0.25, 0.3) is 11.6 Å². The summed E-state index contributed by atoms with van der Waals surface area (Å²) in [7, 11) is 0. The second-order valence-corrected chi connectivity index (χ2v) is 10.1. The van der Waals surface area contributed by atoms with E-state index in [9.17, 15) is 14.9 Å². The standard InChI is InChI=1S/C25H19ClIN3O5S/c1-2-34-21-10-16(9-20(27)24(21)35-14-15-3-5-18(26)6-4-15)13-28-29-25(31)23-12-17-11-19(30(32)33)7-8-22(17)36-23/h3-13H,2,14H2,1H3,(H,29,31)/b28-13-. The van der Waals surface area contributed by atoms with Crippen LogP contribution in [-0.2, 0) is 6.61 Å². The number of nitrogens with zero attached hydrogens (tertiary/aromatic N) is 2. The van der Waals surface area contributed by atoms with E-state index >= 15 is 0 Å². The van der Waals surface area contributed by atoms with Gasteiger partial charge in [0.15, 0.2) is 11.5 Å². The number of nitrogens with one attached hydrogen (secondary N) is 1. The predicted octanol–water partition coefficient (Wildman–Crippen LogP) is 6.81. The van der Waals surface area contributed by atoms with Gasteiger partial charge in [-0.15, -0.1) is 11.3 Å². The molecular formula is C25H19ClIN3O5S. The molecule has 0 aliphatic rings. The molecule has 0 aliphatic carbocycles. The molecule has 3 aromatic carbocycles. The number of carbonyl (C=O) groups is 1. The van der Waals surface area contributed by atoms with Crippen LogP contribution in [0.15, 0.2) is 65.8 Å². The Bertz CT molecular complexity index is 1460. The molecule has 8 nitrogen and oxygen atoms in total. The molecule has 0 saturated carbocycles. The molecule has 1 N–H and O–H groups in total. The number of hydrazone groups is 1. The molecule has 0 saturated heterocycles. The molecule has 0 atom stereocenters. The summed E-state index contributed by atoms with van der Waals surface area (Å²) in [5.41, 5.74) is 4.17. The highest BCUT2D eigenvalue weighted by atomic mass is 127. The summed E-state index contributed by atoms with van der Waals surface area (Å²) < 4.78 is 13.4. The van der Waals surface area contributed by atoms with Crippen LogP contribution in [0.1, 0.15) is 27.7 Å². The van der Waals surface area contributed by atoms with Gasteiger partial charge in [-0.25, -0.2) is 5.43 Å². The number of nitro groups is 1. The molecule has 0 fully saturated rings. The van der Waals surface area contributed by atoms with Crippen molar-refractivity contribution >= 4 is 73.4 Å². The van der Waals surface area contributed by atoms with Crippen LogP contribution in [0.5, 0.6) is 11.5 Å². The molecule has 0 radical (unpaired) electrons. The minimum absolute atomic E-state index is 0.0226. The zero-order chi connectivity index (χ0) is 25.7. The molecule has 11 heteroatoms. The number of rotatable bonds is 9. The molecule has 0 unspecified atom stereocenters. The summed E-state index contributed by atoms with van der Waals surface area (Å²) in [5, 5.41) is 16.3. The summed E-state index contributed by atoms with van der Waals surface area (Å²) in [6.45, 7) is 2.69. The molecule has 184 valence electrons. The third kappa shape index (κ3) is 6.31. The number of hydrogen-bond acceptors (Lipinski definition) is 7. The molecule has 36 heavy (non-hydrogen) atoms. The van der Waals surface area contributed by atoms with Crippen LogP contribution in [0.25, 0.3) is 10.1 Å². The number of hydrogen-bond donors (Lipinski definition) is 1. The average molecular weight is 636 g/mol. The van der Waals surface area contributed by atoms with Gasteiger partial charge >= 0.3 is 0 Å². The van der Waals surface area contributed by atoms with E-state index in [-0.39, 0.29) is 5.69 Å². The zero-order valence-electron chi connectivity index (χ0n) is 18.9. The Balaban J connectivity index is 1.46. The van der Waals surface area contributed by atoms with Gasteiger partial charge in [-0.1, -0.05) is 23.7 Å². The van der Waals surface area contributed by atoms with Gasteiger partial charge in [0.2, 0.25) is 0 Å². The van der Waals surface area contributed by atoms with Gasteiger partial charge in [-0.05, 0) is 77.0 Å². The molecule has 1 heterocycles. The van der Waals surface area contributed by atoms with Crippen molar-refractivity contribution in [3.8, 4) is 11.5 Å². The SMILES string of the molecule is CCOc1cc(/C=N\NC(=O)c2cc3cc([N+](=O)[O-])ccc3s2)cc(I)c1OCc1ccc(Cl)cc1. The number of halogens is 2. The van der Waals surface area contributed by atoms with E-state index in [4.69, 9.17) is 21.1 Å². The Morgan fingerprint density at radius 1 is 1.17 bits per heavy atom. The Kier molecular flexibility index (Phi) is 8.39. The Hall–Kier alpha value is -3.22. The summed E-state index contributed by atoms with van der Waals surface area (Å²) >= 11 is 9.35. The number of thiophene rings is 1. The van der Waals surface area contributed by atoms with Crippen LogP contribution in [0.3, 0.4) is 0 Å². The van der Waals surface area contributed by atoms with Crippen molar-refractivity contribution in [1.29, 1.82) is 0 Å². The first-order valence-corrected chi connectivity index (χ1v) is 13.0. The van der Waals surface area contributed by atoms with Gasteiger partial charge in [-0.2, -0.15) is 5.10 Å². The maximum absolute atomic E-state index is 12.6. The van der Waals surface area contributed by atoms with E-state index in [1.807, 2.05) is 37.3 Å². The minimum Gasteiger partial charge on any atom is -0.490 e. The number of ether oxygens (including phenoxy) is 2. The van der Waals surface area contributed by atoms with E-state index in [2.05, 4.69) is 33.1 Å². The topological polar surface area (TPSA) is 103 Å². The Labute approximate surface area is 229 Å². The normalized spacial score (nSPS) is 11.1. The van der Waals surface area contributed by atoms with E-state index in [1.54, 1.807) is 18.2 Å². The fraction of sp³-hybridized carbons (Fsp3) is 0.120. The summed E-state index contributed by atoms with van der Waals surface area (Å²) in [6.07, 6.45) is 1.52. The number of nitro benzene ring substituents is 1. The van der Waals surface area contributed by atoms with Crippen LogP contribution in [0, 0.1) is 13.7 Å². The molecule has 0 spiro atoms. The summed E-state index contributed by atoms with van der Waals surface area (Å²) in [6, 6.07) is 17.2. The second kappa shape index (κ2) is 11.7. The number of non-ortho nitro benzene ring substituents is 1. The number of benzene rings is 3. The van der Waals surface area contributed by atoms with Crippen LogP contribution in [0.4, 0.5) is 5.69 Å². The average Bonchev–Trinajstić information content (AvgIpc) is 3.28. The smallest absolute Gasteiger partial charge is 0.281 e. The van der Waals surface area contributed by atoms with Gasteiger partial charge in [0.1, 0.15) is 6.61 Å². The highest BCUT2D eigenvalue weighted by Gasteiger charge is 2.14. The molecule has 0 bridgehead atoms. The second-order valence-electron chi connectivity index (χ2n) is 7.47. The fourth-order valence-electron chi connectivity index (χ4n) is 3.28. The van der Waals surface area contributed by atoms with Crippen LogP contribution >= 0.6 is 45.5 Å². The lowest BCUT2D eigenvalue weighted by Gasteiger charge is -2.14. The lowest BCUT2D eigenvalue weighted by molar-refractivity contribution is -0.384. The highest BCUT2D eigenvalue weighted by Crippen LogP contribution is 2.35. The molecular weight excluding hydrogens is 617 g/mol. The van der Waals surface area contributed by atoms with Crippen molar-refractivity contribution in [2.45, 2.75) is 13.5 Å². The van der Waals surface area contributed by atoms with Crippen molar-refractivity contribution in [1.82, 2.24) is 5.43 Å². The third-order valence-corrected chi connectivity index (χ3v) is 7.11. The van der Waals surface area contributed by atoms with Crippen LogP contribution in [0.2, 0.25) is 5.02 Å². The Morgan fingerprint density at radius 3 is 2.67 bits per heavy atom. The molecule has 1 aromatic heterocycles. The first kappa shape index (κ1) is 25.9. The van der Waals surface area contributed by atoms with Gasteiger partial charge < -0.3 is 9.47 Å². The summed E-state index contributed by atoms with van der Waals surface area (Å²) in [5.74, 6) is 0.781. The zero-order valence-corrected chi connectivity index (χ0v) is 22.6. The van der Waals surface area contributed by atoms with Crippen molar-refractivity contribution in [3.05, 3.63) is 95.4 Å². The van der Waals surface area contributed by atoms with E-state index in [1.165, 1.54) is 29.7 Å². The lowest BCUT2D eigenvalue weighted by atomic mass is 10.2. The largest absolute Gasteiger partial charge is 0.490 e. The first-order valence-electron chi connectivity index (χ1n) is 10.7. The number of fused-ring (bicyclic) bond motifs is 1. The maximum Gasteiger partial charge on any atom is 0.281 e. The number of carbonyl (C=O) groups excluding carboxylic acids is 1. The van der Waals surface area contributed by atoms with Crippen LogP contribution in [-0.4, -0.2) is 23.7 Å². The van der Waals surface area contributed by atoms with Crippen LogP contribution < -0.4 is 14.9 Å². The Morgan fingerprint density at radius 2 is 1.94 bits per heavy atom. The minimum atomic E-state index is -0.465. The van der Waals surface area contributed by atoms with E-state index in [0.717, 1.165) is 13.8 Å². The van der Waals surface area contributed by atoms with Crippen molar-refractivity contribution in [2.75, 3.05) is 6.61 Å². The van der Waals surface area contributed by atoms with Crippen molar-refractivity contribution in [2.24, 2.45) is 5.10 Å². The van der Waals surface area contributed by atoms with E-state index in [0.29, 0.717) is 45.6 Å². The quantitative estimate of drug-likeness (QED) is 0.0942. The van der Waals surface area contributed by atoms with Crippen molar-refractivity contribution < 1.29 is 19.2 Å². The third-order valence-electron chi connectivity index (χ3n) is 4.94. The summed E-state index contributed by atoms with van der Waals surface area (Å²) in [4.78, 5) is 23.5. The highest BCUT2D eigenvalue weighted by molar-refractivity contribution is 14.1. The number of amides is 1. The predicted molar refractivity (Wildman–Crippen MR) is 150 cm³/mol. The first-order chi connectivity index (χ1) is 17.3. The monoisotopic (exact) mass is 635 g/mol. The molecule has 1 amide bonds. The molecule has 4 rings (SSSR count). The maximum atomic E-state index is 12.6. The molecule has 4 aromatic rings. The fourth-order valence-corrected chi connectivity index (χ4v) is 5.12. The van der Waals surface area contributed by atoms with Gasteiger partial charge in [0.05, 0.1) is 26.2 Å². The van der Waals surface area contributed by atoms with Gasteiger partial charge in [-0.3, -0.25) is 14.9 Å². The van der Waals surface area contributed by atoms with Gasteiger partial charge in [0, 0.05) is 27.2 Å².